The van der Waals surface area contributed by atoms with Crippen molar-refractivity contribution in [1.29, 1.82) is 0 Å². The Morgan fingerprint density at radius 2 is 1.57 bits per heavy atom. The predicted molar refractivity (Wildman–Crippen MR) is 86.3 cm³/mol. The van der Waals surface area contributed by atoms with E-state index in [9.17, 15) is 0 Å². The van der Waals surface area contributed by atoms with Gasteiger partial charge in [0.15, 0.2) is 0 Å². The average molecular weight is 306 g/mol. The minimum Gasteiger partial charge on any atom is -0.497 e. The summed E-state index contributed by atoms with van der Waals surface area (Å²) in [6.07, 6.45) is 0. The summed E-state index contributed by atoms with van der Waals surface area (Å²) in [5.41, 5.74) is 1.24. The summed E-state index contributed by atoms with van der Waals surface area (Å²) in [5.74, 6) is 1.69. The second kappa shape index (κ2) is 7.91. The third-order valence-corrected chi connectivity index (χ3v) is 3.42. The normalized spacial score (nSPS) is 10.7. The fourth-order valence-electron chi connectivity index (χ4n) is 1.97. The first-order valence-electron chi connectivity index (χ1n) is 6.87. The molecule has 0 aromatic heterocycles. The van der Waals surface area contributed by atoms with Crippen molar-refractivity contribution in [2.45, 2.75) is 6.54 Å². The number of ether oxygens (including phenoxy) is 2. The summed E-state index contributed by atoms with van der Waals surface area (Å²) in [6.45, 7) is 2.38. The van der Waals surface area contributed by atoms with Gasteiger partial charge in [0.05, 0.1) is 7.11 Å². The molecule has 0 amide bonds. The Hall–Kier alpha value is -1.71. The van der Waals surface area contributed by atoms with E-state index in [0.29, 0.717) is 6.61 Å². The maximum Gasteiger partial charge on any atom is 0.119 e. The molecule has 0 aliphatic carbocycles. The van der Waals surface area contributed by atoms with Gasteiger partial charge in [-0.3, -0.25) is 4.90 Å². The smallest absolute Gasteiger partial charge is 0.119 e. The van der Waals surface area contributed by atoms with Gasteiger partial charge in [0.2, 0.25) is 0 Å². The molecule has 0 N–H and O–H groups in total. The van der Waals surface area contributed by atoms with Crippen molar-refractivity contribution in [3.05, 3.63) is 59.1 Å². The van der Waals surface area contributed by atoms with Gasteiger partial charge in [0.1, 0.15) is 18.1 Å². The molecule has 112 valence electrons. The molecule has 0 atom stereocenters. The molecule has 2 rings (SSSR count). The van der Waals surface area contributed by atoms with Crippen molar-refractivity contribution in [2.75, 3.05) is 27.3 Å². The van der Waals surface area contributed by atoms with Crippen LogP contribution in [-0.2, 0) is 6.54 Å². The highest BCUT2D eigenvalue weighted by Gasteiger charge is 2.01. The molecule has 0 unspecified atom stereocenters. The lowest BCUT2D eigenvalue weighted by Gasteiger charge is -2.17. The van der Waals surface area contributed by atoms with Gasteiger partial charge in [0.25, 0.3) is 0 Å². The van der Waals surface area contributed by atoms with E-state index in [0.717, 1.165) is 29.6 Å². The first-order chi connectivity index (χ1) is 10.2. The molecule has 0 radical (unpaired) electrons. The number of rotatable bonds is 7. The van der Waals surface area contributed by atoms with Crippen LogP contribution in [0.5, 0.6) is 11.5 Å². The van der Waals surface area contributed by atoms with Gasteiger partial charge in [-0.25, -0.2) is 0 Å². The predicted octanol–water partition coefficient (Wildman–Crippen LogP) is 3.86. The summed E-state index contributed by atoms with van der Waals surface area (Å²) in [4.78, 5) is 2.22. The van der Waals surface area contributed by atoms with Crippen LogP contribution in [0.1, 0.15) is 5.56 Å². The van der Waals surface area contributed by atoms with E-state index in [1.807, 2.05) is 48.5 Å². The topological polar surface area (TPSA) is 21.7 Å². The van der Waals surface area contributed by atoms with Crippen LogP contribution in [0, 0.1) is 0 Å². The molecule has 0 heterocycles. The maximum atomic E-state index is 5.88. The Morgan fingerprint density at radius 1 is 0.952 bits per heavy atom. The van der Waals surface area contributed by atoms with Crippen LogP contribution in [0.25, 0.3) is 0 Å². The van der Waals surface area contributed by atoms with Gasteiger partial charge in [-0.05, 0) is 49.0 Å². The lowest BCUT2D eigenvalue weighted by Crippen LogP contribution is -2.23. The third-order valence-electron chi connectivity index (χ3n) is 3.17. The standard InChI is InChI=1S/C17H20ClNO2/c1-19(13-14-3-5-15(18)6-4-14)11-12-21-17-9-7-16(20-2)8-10-17/h3-10H,11-13H2,1-2H3. The van der Waals surface area contributed by atoms with Crippen LogP contribution in [0.3, 0.4) is 0 Å². The summed E-state index contributed by atoms with van der Waals surface area (Å²) in [6, 6.07) is 15.5. The average Bonchev–Trinajstić information content (AvgIpc) is 2.50. The van der Waals surface area contributed by atoms with Crippen molar-refractivity contribution in [3.8, 4) is 11.5 Å². The molecular formula is C17H20ClNO2. The number of halogens is 1. The molecule has 4 heteroatoms. The SMILES string of the molecule is COc1ccc(OCCN(C)Cc2ccc(Cl)cc2)cc1. The van der Waals surface area contributed by atoms with Crippen LogP contribution in [0.4, 0.5) is 0 Å². The van der Waals surface area contributed by atoms with Gasteiger partial charge >= 0.3 is 0 Å². The summed E-state index contributed by atoms with van der Waals surface area (Å²) < 4.78 is 10.8. The largest absolute Gasteiger partial charge is 0.497 e. The van der Waals surface area contributed by atoms with E-state index in [1.54, 1.807) is 7.11 Å². The zero-order valence-corrected chi connectivity index (χ0v) is 13.1. The number of nitrogens with zero attached hydrogens (tertiary/aromatic N) is 1. The lowest BCUT2D eigenvalue weighted by molar-refractivity contribution is 0.232. The van der Waals surface area contributed by atoms with E-state index in [1.165, 1.54) is 5.56 Å². The molecular weight excluding hydrogens is 286 g/mol. The number of hydrogen-bond donors (Lipinski definition) is 0. The summed E-state index contributed by atoms with van der Waals surface area (Å²) in [5, 5.41) is 0.768. The Balaban J connectivity index is 1.73. The molecule has 0 aliphatic rings. The van der Waals surface area contributed by atoms with Gasteiger partial charge in [-0.2, -0.15) is 0 Å². The van der Waals surface area contributed by atoms with E-state index in [2.05, 4.69) is 11.9 Å². The molecule has 21 heavy (non-hydrogen) atoms. The minimum absolute atomic E-state index is 0.649. The lowest BCUT2D eigenvalue weighted by atomic mass is 10.2. The second-order valence-electron chi connectivity index (χ2n) is 4.89. The highest BCUT2D eigenvalue weighted by Crippen LogP contribution is 2.17. The van der Waals surface area contributed by atoms with Gasteiger partial charge in [-0.15, -0.1) is 0 Å². The van der Waals surface area contributed by atoms with E-state index >= 15 is 0 Å². The van der Waals surface area contributed by atoms with E-state index in [4.69, 9.17) is 21.1 Å². The Bertz CT molecular complexity index is 540. The second-order valence-corrected chi connectivity index (χ2v) is 5.32. The molecule has 3 nitrogen and oxygen atoms in total. The zero-order valence-electron chi connectivity index (χ0n) is 12.4. The zero-order chi connectivity index (χ0) is 15.1. The molecule has 0 spiro atoms. The number of methoxy groups -OCH3 is 1. The first-order valence-corrected chi connectivity index (χ1v) is 7.25. The summed E-state index contributed by atoms with van der Waals surface area (Å²) in [7, 11) is 3.73. The van der Waals surface area contributed by atoms with E-state index < -0.39 is 0 Å². The van der Waals surface area contributed by atoms with Crippen LogP contribution >= 0.6 is 11.6 Å². The Kier molecular flexibility index (Phi) is 5.90. The van der Waals surface area contributed by atoms with E-state index in [-0.39, 0.29) is 0 Å². The van der Waals surface area contributed by atoms with Crippen molar-refractivity contribution < 1.29 is 9.47 Å². The molecule has 0 bridgehead atoms. The maximum absolute atomic E-state index is 5.88. The molecule has 2 aromatic carbocycles. The van der Waals surface area contributed by atoms with Crippen LogP contribution < -0.4 is 9.47 Å². The van der Waals surface area contributed by atoms with Crippen LogP contribution in [0.15, 0.2) is 48.5 Å². The van der Waals surface area contributed by atoms with Crippen molar-refractivity contribution in [2.24, 2.45) is 0 Å². The molecule has 2 aromatic rings. The van der Waals surface area contributed by atoms with Crippen LogP contribution in [-0.4, -0.2) is 32.2 Å². The quantitative estimate of drug-likeness (QED) is 0.775. The van der Waals surface area contributed by atoms with Crippen molar-refractivity contribution >= 4 is 11.6 Å². The molecule has 0 saturated heterocycles. The van der Waals surface area contributed by atoms with Gasteiger partial charge < -0.3 is 9.47 Å². The Morgan fingerprint density at radius 3 is 2.19 bits per heavy atom. The Labute approximate surface area is 131 Å². The van der Waals surface area contributed by atoms with Crippen LogP contribution in [0.2, 0.25) is 5.02 Å². The highest BCUT2D eigenvalue weighted by atomic mass is 35.5. The monoisotopic (exact) mass is 305 g/mol. The number of likely N-dealkylation sites (N-methyl/N-ethyl adjacent to an activating group) is 1. The first kappa shape index (κ1) is 15.7. The number of hydrogen-bond acceptors (Lipinski definition) is 3. The molecule has 0 aliphatic heterocycles. The number of benzene rings is 2. The molecule has 0 saturated carbocycles. The van der Waals surface area contributed by atoms with Gasteiger partial charge in [0, 0.05) is 18.1 Å². The summed E-state index contributed by atoms with van der Waals surface area (Å²) >= 11 is 5.88. The van der Waals surface area contributed by atoms with Crippen molar-refractivity contribution in [3.63, 3.8) is 0 Å². The molecule has 0 fully saturated rings. The van der Waals surface area contributed by atoms with Crippen molar-refractivity contribution in [1.82, 2.24) is 4.90 Å². The highest BCUT2D eigenvalue weighted by molar-refractivity contribution is 6.30. The third kappa shape index (κ3) is 5.29. The minimum atomic E-state index is 0.649. The fraction of sp³-hybridized carbons (Fsp3) is 0.294. The van der Waals surface area contributed by atoms with Gasteiger partial charge in [-0.1, -0.05) is 23.7 Å². The fourth-order valence-corrected chi connectivity index (χ4v) is 2.10.